The van der Waals surface area contributed by atoms with E-state index in [4.69, 9.17) is 9.84 Å². The lowest BCUT2D eigenvalue weighted by Gasteiger charge is -2.12. The van der Waals surface area contributed by atoms with Crippen LogP contribution >= 0.6 is 0 Å². The Hall–Kier alpha value is -2.13. The molecule has 0 aliphatic carbocycles. The first-order valence-electron chi connectivity index (χ1n) is 7.42. The van der Waals surface area contributed by atoms with Crippen molar-refractivity contribution in [3.63, 3.8) is 0 Å². The number of aliphatic carboxylic acids is 1. The fourth-order valence-electron chi connectivity index (χ4n) is 1.93. The molecule has 9 heteroatoms. The number of carbonyl (C=O) groups excluding carboxylic acids is 1. The first-order chi connectivity index (χ1) is 11.3. The molecule has 8 nitrogen and oxygen atoms in total. The van der Waals surface area contributed by atoms with Crippen LogP contribution in [-0.2, 0) is 26.2 Å². The van der Waals surface area contributed by atoms with E-state index in [1.54, 1.807) is 0 Å². The van der Waals surface area contributed by atoms with Gasteiger partial charge in [0.25, 0.3) is 0 Å². The molecule has 0 aliphatic heterocycles. The Morgan fingerprint density at radius 1 is 1.21 bits per heavy atom. The molecule has 0 fully saturated rings. The van der Waals surface area contributed by atoms with Crippen LogP contribution in [0, 0.1) is 0 Å². The van der Waals surface area contributed by atoms with Crippen molar-refractivity contribution in [2.45, 2.75) is 31.9 Å². The largest absolute Gasteiger partial charge is 0.480 e. The smallest absolute Gasteiger partial charge is 0.407 e. The molecule has 0 bridgehead atoms. The number of benzene rings is 1. The third-order valence-electron chi connectivity index (χ3n) is 3.06. The highest BCUT2D eigenvalue weighted by molar-refractivity contribution is 7.88. The lowest BCUT2D eigenvalue weighted by molar-refractivity contribution is -0.139. The van der Waals surface area contributed by atoms with Crippen molar-refractivity contribution in [3.8, 4) is 0 Å². The van der Waals surface area contributed by atoms with Crippen molar-refractivity contribution < 1.29 is 27.9 Å². The summed E-state index contributed by atoms with van der Waals surface area (Å²) in [5, 5.41) is 11.5. The molecule has 0 saturated heterocycles. The molecule has 0 spiro atoms. The van der Waals surface area contributed by atoms with E-state index in [0.29, 0.717) is 19.4 Å². The Balaban J connectivity index is 2.18. The van der Waals surface area contributed by atoms with Crippen LogP contribution in [0.3, 0.4) is 0 Å². The first kappa shape index (κ1) is 19.9. The number of carboxylic acid groups (broad SMARTS) is 1. The Bertz CT molecular complexity index is 633. The van der Waals surface area contributed by atoms with E-state index >= 15 is 0 Å². The molecule has 1 aromatic carbocycles. The second-order valence-electron chi connectivity index (χ2n) is 5.27. The van der Waals surface area contributed by atoms with E-state index < -0.39 is 28.1 Å². The summed E-state index contributed by atoms with van der Waals surface area (Å²) >= 11 is 0. The number of unbranched alkanes of at least 4 members (excludes halogenated alkanes) is 1. The summed E-state index contributed by atoms with van der Waals surface area (Å²) in [7, 11) is -3.58. The quantitative estimate of drug-likeness (QED) is 0.538. The van der Waals surface area contributed by atoms with Crippen LogP contribution in [0.5, 0.6) is 0 Å². The van der Waals surface area contributed by atoms with Gasteiger partial charge in [-0.3, -0.25) is 4.79 Å². The Labute approximate surface area is 141 Å². The van der Waals surface area contributed by atoms with Gasteiger partial charge in [-0.25, -0.2) is 17.9 Å². The van der Waals surface area contributed by atoms with Gasteiger partial charge in [-0.15, -0.1) is 0 Å². The van der Waals surface area contributed by atoms with E-state index in [-0.39, 0.29) is 13.0 Å². The van der Waals surface area contributed by atoms with E-state index in [1.165, 1.54) is 0 Å². The van der Waals surface area contributed by atoms with Gasteiger partial charge in [0.2, 0.25) is 10.0 Å². The molecule has 1 rings (SSSR count). The van der Waals surface area contributed by atoms with Crippen LogP contribution in [0.2, 0.25) is 0 Å². The van der Waals surface area contributed by atoms with Crippen molar-refractivity contribution in [1.29, 1.82) is 0 Å². The van der Waals surface area contributed by atoms with Gasteiger partial charge in [-0.2, -0.15) is 0 Å². The van der Waals surface area contributed by atoms with Gasteiger partial charge in [0.15, 0.2) is 0 Å². The maximum absolute atomic E-state index is 11.5. The zero-order valence-electron chi connectivity index (χ0n) is 13.4. The molecule has 0 aromatic heterocycles. The van der Waals surface area contributed by atoms with E-state index in [0.717, 1.165) is 11.8 Å². The number of ether oxygens (including phenoxy) is 1. The Kier molecular flexibility index (Phi) is 8.20. The number of hydrogen-bond acceptors (Lipinski definition) is 5. The Morgan fingerprint density at radius 3 is 2.46 bits per heavy atom. The highest BCUT2D eigenvalue weighted by atomic mass is 32.2. The Morgan fingerprint density at radius 2 is 1.88 bits per heavy atom. The molecule has 134 valence electrons. The SMILES string of the molecule is CS(=O)(=O)N[C@@H](CCCCNC(=O)OCc1ccccc1)C(=O)O. The van der Waals surface area contributed by atoms with Gasteiger partial charge in [0.05, 0.1) is 6.26 Å². The summed E-state index contributed by atoms with van der Waals surface area (Å²) in [6.07, 6.45) is 1.45. The van der Waals surface area contributed by atoms with Gasteiger partial charge in [0.1, 0.15) is 12.6 Å². The molecular formula is C15H22N2O6S. The second-order valence-corrected chi connectivity index (χ2v) is 7.05. The number of nitrogens with one attached hydrogen (secondary N) is 2. The molecule has 1 aromatic rings. The number of sulfonamides is 1. The van der Waals surface area contributed by atoms with Crippen LogP contribution < -0.4 is 10.0 Å². The summed E-state index contributed by atoms with van der Waals surface area (Å²) in [5.74, 6) is -1.23. The molecular weight excluding hydrogens is 336 g/mol. The number of carboxylic acids is 1. The lowest BCUT2D eigenvalue weighted by atomic mass is 10.1. The minimum Gasteiger partial charge on any atom is -0.480 e. The van der Waals surface area contributed by atoms with Crippen molar-refractivity contribution >= 4 is 22.1 Å². The van der Waals surface area contributed by atoms with E-state index in [2.05, 4.69) is 10.0 Å². The zero-order valence-corrected chi connectivity index (χ0v) is 14.2. The number of rotatable bonds is 10. The number of carbonyl (C=O) groups is 2. The second kappa shape index (κ2) is 9.89. The molecule has 0 unspecified atom stereocenters. The minimum absolute atomic E-state index is 0.142. The third-order valence-corrected chi connectivity index (χ3v) is 3.77. The molecule has 0 radical (unpaired) electrons. The van der Waals surface area contributed by atoms with E-state index in [1.807, 2.05) is 30.3 Å². The molecule has 3 N–H and O–H groups in total. The van der Waals surface area contributed by atoms with Crippen LogP contribution in [0.15, 0.2) is 30.3 Å². The summed E-state index contributed by atoms with van der Waals surface area (Å²) in [6.45, 7) is 0.491. The van der Waals surface area contributed by atoms with Gasteiger partial charge >= 0.3 is 12.1 Å². The van der Waals surface area contributed by atoms with Crippen molar-refractivity contribution in [3.05, 3.63) is 35.9 Å². The predicted octanol–water partition coefficient (Wildman–Crippen LogP) is 1.09. The number of alkyl carbamates (subject to hydrolysis) is 1. The van der Waals surface area contributed by atoms with Crippen molar-refractivity contribution in [1.82, 2.24) is 10.0 Å². The molecule has 0 saturated carbocycles. The topological polar surface area (TPSA) is 122 Å². The fraction of sp³-hybridized carbons (Fsp3) is 0.467. The summed E-state index contributed by atoms with van der Waals surface area (Å²) in [5.41, 5.74) is 0.879. The molecule has 0 heterocycles. The predicted molar refractivity (Wildman–Crippen MR) is 87.9 cm³/mol. The van der Waals surface area contributed by atoms with Crippen LogP contribution in [0.1, 0.15) is 24.8 Å². The standard InChI is InChI=1S/C15H22N2O6S/c1-24(21,22)17-13(14(18)19)9-5-6-10-16-15(20)23-11-12-7-3-2-4-8-12/h2-4,7-8,13,17H,5-6,9-11H2,1H3,(H,16,20)(H,18,19)/t13-/m0/s1. The molecule has 1 amide bonds. The van der Waals surface area contributed by atoms with Gasteiger partial charge in [0, 0.05) is 6.54 Å². The normalized spacial score (nSPS) is 12.4. The van der Waals surface area contributed by atoms with E-state index in [9.17, 15) is 18.0 Å². The zero-order chi connectivity index (χ0) is 18.0. The average Bonchev–Trinajstić information content (AvgIpc) is 2.51. The summed E-state index contributed by atoms with van der Waals surface area (Å²) < 4.78 is 29.2. The van der Waals surface area contributed by atoms with Crippen molar-refractivity contribution in [2.75, 3.05) is 12.8 Å². The fourth-order valence-corrected chi connectivity index (χ4v) is 2.66. The summed E-state index contributed by atoms with van der Waals surface area (Å²) in [4.78, 5) is 22.4. The van der Waals surface area contributed by atoms with Gasteiger partial charge in [-0.05, 0) is 24.8 Å². The lowest BCUT2D eigenvalue weighted by Crippen LogP contribution is -2.40. The van der Waals surface area contributed by atoms with Crippen LogP contribution in [0.25, 0.3) is 0 Å². The maximum Gasteiger partial charge on any atom is 0.407 e. The molecule has 0 aliphatic rings. The highest BCUT2D eigenvalue weighted by Crippen LogP contribution is 2.03. The minimum atomic E-state index is -3.58. The monoisotopic (exact) mass is 358 g/mol. The first-order valence-corrected chi connectivity index (χ1v) is 9.32. The number of hydrogen-bond donors (Lipinski definition) is 3. The van der Waals surface area contributed by atoms with Crippen LogP contribution in [-0.4, -0.2) is 44.4 Å². The number of amides is 1. The summed E-state index contributed by atoms with van der Waals surface area (Å²) in [6, 6.07) is 8.08. The molecule has 24 heavy (non-hydrogen) atoms. The average molecular weight is 358 g/mol. The van der Waals surface area contributed by atoms with Crippen LogP contribution in [0.4, 0.5) is 4.79 Å². The van der Waals surface area contributed by atoms with Gasteiger partial charge < -0.3 is 15.2 Å². The van der Waals surface area contributed by atoms with Crippen molar-refractivity contribution in [2.24, 2.45) is 0 Å². The third kappa shape index (κ3) is 9.11. The van der Waals surface area contributed by atoms with Gasteiger partial charge in [-0.1, -0.05) is 30.3 Å². The maximum atomic E-state index is 11.5. The molecule has 1 atom stereocenters. The highest BCUT2D eigenvalue weighted by Gasteiger charge is 2.20.